The van der Waals surface area contributed by atoms with Crippen LogP contribution in [0.25, 0.3) is 6.08 Å². The third-order valence-electron chi connectivity index (χ3n) is 3.38. The molecule has 0 bridgehead atoms. The predicted molar refractivity (Wildman–Crippen MR) is 75.3 cm³/mol. The number of carbonyl (C=O) groups excluding carboxylic acids is 1. The summed E-state index contributed by atoms with van der Waals surface area (Å²) in [6.07, 6.45) is 4.80. The van der Waals surface area contributed by atoms with Crippen molar-refractivity contribution in [2.24, 2.45) is 5.92 Å². The van der Waals surface area contributed by atoms with E-state index in [2.05, 4.69) is 6.92 Å². The number of likely N-dealkylation sites (tertiary alicyclic amines) is 1. The fourth-order valence-electron chi connectivity index (χ4n) is 2.22. The Kier molecular flexibility index (Phi) is 4.37. The number of hydrogen-bond acceptors (Lipinski definition) is 3. The van der Waals surface area contributed by atoms with Gasteiger partial charge in [-0.2, -0.15) is 0 Å². The van der Waals surface area contributed by atoms with Crippen molar-refractivity contribution in [3.8, 4) is 0 Å². The molecule has 1 aromatic heterocycles. The van der Waals surface area contributed by atoms with Crippen molar-refractivity contribution in [2.45, 2.75) is 19.8 Å². The average molecular weight is 279 g/mol. The zero-order valence-corrected chi connectivity index (χ0v) is 11.7. The van der Waals surface area contributed by atoms with Gasteiger partial charge in [-0.05, 0) is 30.5 Å². The number of hydrogen-bond donors (Lipinski definition) is 1. The molecule has 1 N–H and O–H groups in total. The minimum Gasteiger partial charge on any atom is -0.478 e. The monoisotopic (exact) mass is 279 g/mol. The van der Waals surface area contributed by atoms with Crippen molar-refractivity contribution in [3.63, 3.8) is 0 Å². The summed E-state index contributed by atoms with van der Waals surface area (Å²) in [5.41, 5.74) is 0. The molecule has 19 heavy (non-hydrogen) atoms. The smallest absolute Gasteiger partial charge is 0.328 e. The summed E-state index contributed by atoms with van der Waals surface area (Å²) in [7, 11) is 0. The lowest BCUT2D eigenvalue weighted by atomic mass is 10.1. The molecule has 102 valence electrons. The Morgan fingerprint density at radius 2 is 2.32 bits per heavy atom. The molecular formula is C14H17NO3S. The largest absolute Gasteiger partial charge is 0.478 e. The first-order valence-corrected chi connectivity index (χ1v) is 7.22. The van der Waals surface area contributed by atoms with Gasteiger partial charge >= 0.3 is 5.97 Å². The number of carboxylic acid groups (broad SMARTS) is 1. The van der Waals surface area contributed by atoms with Crippen molar-refractivity contribution in [1.82, 2.24) is 4.90 Å². The van der Waals surface area contributed by atoms with Gasteiger partial charge in [0, 0.05) is 24.0 Å². The Morgan fingerprint density at radius 1 is 1.53 bits per heavy atom. The second kappa shape index (κ2) is 6.02. The van der Waals surface area contributed by atoms with E-state index in [1.54, 1.807) is 12.1 Å². The first kappa shape index (κ1) is 13.8. The third-order valence-corrected chi connectivity index (χ3v) is 4.42. The zero-order chi connectivity index (χ0) is 13.8. The van der Waals surface area contributed by atoms with E-state index in [0.29, 0.717) is 10.8 Å². The molecule has 5 heteroatoms. The summed E-state index contributed by atoms with van der Waals surface area (Å²) < 4.78 is 0. The van der Waals surface area contributed by atoms with Crippen molar-refractivity contribution in [3.05, 3.63) is 28.0 Å². The van der Waals surface area contributed by atoms with E-state index in [-0.39, 0.29) is 5.91 Å². The minimum absolute atomic E-state index is 0.0657. The van der Waals surface area contributed by atoms with Crippen molar-refractivity contribution >= 4 is 29.3 Å². The van der Waals surface area contributed by atoms with Gasteiger partial charge in [-0.1, -0.05) is 13.3 Å². The van der Waals surface area contributed by atoms with Crippen molar-refractivity contribution in [1.29, 1.82) is 0 Å². The van der Waals surface area contributed by atoms with Crippen LogP contribution in [-0.4, -0.2) is 35.0 Å². The van der Waals surface area contributed by atoms with Crippen LogP contribution in [0.3, 0.4) is 0 Å². The topological polar surface area (TPSA) is 57.6 Å². The fourth-order valence-corrected chi connectivity index (χ4v) is 3.10. The van der Waals surface area contributed by atoms with Crippen LogP contribution < -0.4 is 0 Å². The highest BCUT2D eigenvalue weighted by atomic mass is 32.1. The predicted octanol–water partition coefficient (Wildman–Crippen LogP) is 2.72. The van der Waals surface area contributed by atoms with E-state index < -0.39 is 5.97 Å². The molecule has 1 unspecified atom stereocenters. The van der Waals surface area contributed by atoms with Crippen LogP contribution in [-0.2, 0) is 4.79 Å². The molecule has 0 saturated carbocycles. The van der Waals surface area contributed by atoms with E-state index in [9.17, 15) is 9.59 Å². The summed E-state index contributed by atoms with van der Waals surface area (Å²) in [6.45, 7) is 3.82. The van der Waals surface area contributed by atoms with Gasteiger partial charge < -0.3 is 10.0 Å². The highest BCUT2D eigenvalue weighted by Crippen LogP contribution is 2.24. The van der Waals surface area contributed by atoms with Gasteiger partial charge in [0.15, 0.2) is 0 Å². The molecule has 1 fully saturated rings. The van der Waals surface area contributed by atoms with Gasteiger partial charge in [-0.25, -0.2) is 4.79 Å². The van der Waals surface area contributed by atoms with Crippen LogP contribution in [0.4, 0.5) is 0 Å². The van der Waals surface area contributed by atoms with Crippen LogP contribution in [0, 0.1) is 5.92 Å². The average Bonchev–Trinajstić information content (AvgIpc) is 3.04. The molecule has 0 aromatic carbocycles. The number of aliphatic carboxylic acids is 1. The van der Waals surface area contributed by atoms with Crippen molar-refractivity contribution < 1.29 is 14.7 Å². The maximum Gasteiger partial charge on any atom is 0.328 e. The number of rotatable bonds is 4. The third kappa shape index (κ3) is 3.44. The fraction of sp³-hybridized carbons (Fsp3) is 0.429. The Labute approximate surface area is 116 Å². The standard InChI is InChI=1S/C14H17NO3S/c1-2-10-7-8-15(9-10)14(18)12-5-3-11(19-12)4-6-13(16)17/h3-6,10H,2,7-9H2,1H3,(H,16,17)/b6-4+. The normalized spacial score (nSPS) is 19.2. The zero-order valence-electron chi connectivity index (χ0n) is 10.8. The lowest BCUT2D eigenvalue weighted by molar-refractivity contribution is -0.131. The SMILES string of the molecule is CCC1CCN(C(=O)c2ccc(/C=C/C(=O)O)s2)C1. The van der Waals surface area contributed by atoms with Gasteiger partial charge in [-0.3, -0.25) is 4.79 Å². The number of carboxylic acids is 1. The Morgan fingerprint density at radius 3 is 2.95 bits per heavy atom. The summed E-state index contributed by atoms with van der Waals surface area (Å²) >= 11 is 1.34. The van der Waals surface area contributed by atoms with Gasteiger partial charge in [0.25, 0.3) is 5.91 Å². The van der Waals surface area contributed by atoms with Gasteiger partial charge in [0.2, 0.25) is 0 Å². The van der Waals surface area contributed by atoms with E-state index in [0.717, 1.165) is 36.9 Å². The van der Waals surface area contributed by atoms with Crippen molar-refractivity contribution in [2.75, 3.05) is 13.1 Å². The maximum absolute atomic E-state index is 12.3. The Balaban J connectivity index is 2.02. The van der Waals surface area contributed by atoms with Gasteiger partial charge in [0.05, 0.1) is 4.88 Å². The maximum atomic E-state index is 12.3. The molecule has 1 aromatic rings. The van der Waals surface area contributed by atoms with E-state index >= 15 is 0 Å². The van der Waals surface area contributed by atoms with Crippen LogP contribution in [0.2, 0.25) is 0 Å². The van der Waals surface area contributed by atoms with E-state index in [4.69, 9.17) is 5.11 Å². The molecule has 1 atom stereocenters. The number of amides is 1. The molecule has 0 spiro atoms. The molecule has 1 amide bonds. The first-order valence-electron chi connectivity index (χ1n) is 6.40. The number of carbonyl (C=O) groups is 2. The first-order chi connectivity index (χ1) is 9.10. The van der Waals surface area contributed by atoms with Gasteiger partial charge in [-0.15, -0.1) is 11.3 Å². The molecule has 0 radical (unpaired) electrons. The number of nitrogens with zero attached hydrogens (tertiary/aromatic N) is 1. The highest BCUT2D eigenvalue weighted by Gasteiger charge is 2.26. The molecule has 0 aliphatic carbocycles. The van der Waals surface area contributed by atoms with Crippen LogP contribution in [0.15, 0.2) is 18.2 Å². The Bertz CT molecular complexity index is 507. The van der Waals surface area contributed by atoms with Gasteiger partial charge in [0.1, 0.15) is 0 Å². The molecule has 1 aliphatic rings. The summed E-state index contributed by atoms with van der Waals surface area (Å²) in [6, 6.07) is 3.55. The summed E-state index contributed by atoms with van der Waals surface area (Å²) in [4.78, 5) is 26.1. The second-order valence-electron chi connectivity index (χ2n) is 4.69. The Hall–Kier alpha value is -1.62. The molecular weight excluding hydrogens is 262 g/mol. The van der Waals surface area contributed by atoms with Crippen LogP contribution in [0.1, 0.15) is 34.3 Å². The quantitative estimate of drug-likeness (QED) is 0.862. The van der Waals surface area contributed by atoms with Crippen LogP contribution in [0.5, 0.6) is 0 Å². The lowest BCUT2D eigenvalue weighted by Gasteiger charge is -2.14. The minimum atomic E-state index is -0.980. The molecule has 1 aliphatic heterocycles. The molecule has 2 rings (SSSR count). The second-order valence-corrected chi connectivity index (χ2v) is 5.80. The summed E-state index contributed by atoms with van der Waals surface area (Å²) in [5.74, 6) is -0.294. The van der Waals surface area contributed by atoms with Crippen LogP contribution >= 0.6 is 11.3 Å². The highest BCUT2D eigenvalue weighted by molar-refractivity contribution is 7.14. The molecule has 4 nitrogen and oxygen atoms in total. The van der Waals surface area contributed by atoms with E-state index in [1.807, 2.05) is 4.90 Å². The molecule has 2 heterocycles. The molecule has 1 saturated heterocycles. The van der Waals surface area contributed by atoms with E-state index in [1.165, 1.54) is 17.4 Å². The lowest BCUT2D eigenvalue weighted by Crippen LogP contribution is -2.27. The summed E-state index contributed by atoms with van der Waals surface area (Å²) in [5, 5.41) is 8.56. The number of thiophene rings is 1.